The maximum atomic E-state index is 12.1. The number of carbonyl (C=O) groups is 1. The molecule has 0 bridgehead atoms. The number of fused-ring (bicyclic) bond motifs is 1. The Morgan fingerprint density at radius 3 is 2.69 bits per heavy atom. The second-order valence-electron chi connectivity index (χ2n) is 8.76. The summed E-state index contributed by atoms with van der Waals surface area (Å²) in [6.45, 7) is 4.48. The lowest BCUT2D eigenvalue weighted by atomic mass is 10.1. The summed E-state index contributed by atoms with van der Waals surface area (Å²) < 4.78 is 36.8. The van der Waals surface area contributed by atoms with Crippen molar-refractivity contribution in [1.29, 1.82) is 0 Å². The van der Waals surface area contributed by atoms with Gasteiger partial charge in [-0.25, -0.2) is 19.7 Å². The van der Waals surface area contributed by atoms with Crippen molar-refractivity contribution in [1.82, 2.24) is 24.8 Å². The summed E-state index contributed by atoms with van der Waals surface area (Å²) in [7, 11) is -4.30. The van der Waals surface area contributed by atoms with Crippen molar-refractivity contribution in [3.05, 3.63) is 48.5 Å². The van der Waals surface area contributed by atoms with Crippen LogP contribution in [0.3, 0.4) is 0 Å². The van der Waals surface area contributed by atoms with Crippen LogP contribution >= 0.6 is 7.60 Å². The summed E-state index contributed by atoms with van der Waals surface area (Å²) in [5, 5.41) is 5.33. The first kappa shape index (κ1) is 29.0. The van der Waals surface area contributed by atoms with E-state index in [9.17, 15) is 9.36 Å². The summed E-state index contributed by atoms with van der Waals surface area (Å²) in [6, 6.07) is 9.32. The number of rotatable bonds is 13. The minimum atomic E-state index is -4.30. The van der Waals surface area contributed by atoms with E-state index in [1.807, 2.05) is 37.3 Å². The van der Waals surface area contributed by atoms with Crippen LogP contribution in [-0.4, -0.2) is 79.9 Å². The smallest absolute Gasteiger partial charge is 0.350 e. The first-order valence-corrected chi connectivity index (χ1v) is 14.4. The lowest BCUT2D eigenvalue weighted by molar-refractivity contribution is -0.115. The standard InChI is InChI=1S/C24H33N6O8P/c1-3-25-24(31)29-21-19-22(27-13-26-21)30(14-28-19)23(36-4-2)20-17(10-11-35-15-39(32,33)34)37-18(38-20)12-16-8-6-5-7-9-16/h5-9,13-14,17-18,20,23H,3-4,10-12,15H2,1-2H3,(H2,32,33,34)(H2,25,26,27,29,31)/t17?,18?,20?,23-/m1/s1. The van der Waals surface area contributed by atoms with Crippen LogP contribution in [0, 0.1) is 0 Å². The molecule has 39 heavy (non-hydrogen) atoms. The highest BCUT2D eigenvalue weighted by Gasteiger charge is 2.43. The topological polar surface area (TPSA) is 179 Å². The molecule has 2 aromatic heterocycles. The number of nitrogens with one attached hydrogen (secondary N) is 2. The van der Waals surface area contributed by atoms with Crippen LogP contribution in [0.4, 0.5) is 10.6 Å². The molecule has 1 saturated heterocycles. The lowest BCUT2D eigenvalue weighted by Crippen LogP contribution is -2.35. The van der Waals surface area contributed by atoms with Crippen molar-refractivity contribution in [3.8, 4) is 0 Å². The highest BCUT2D eigenvalue weighted by Crippen LogP contribution is 2.36. The van der Waals surface area contributed by atoms with E-state index in [1.54, 1.807) is 11.5 Å². The average Bonchev–Trinajstić information content (AvgIpc) is 3.50. The van der Waals surface area contributed by atoms with Crippen molar-refractivity contribution in [3.63, 3.8) is 0 Å². The summed E-state index contributed by atoms with van der Waals surface area (Å²) in [5.74, 6) is 0.243. The molecule has 0 radical (unpaired) electrons. The van der Waals surface area contributed by atoms with Crippen molar-refractivity contribution >= 4 is 30.6 Å². The Hall–Kier alpha value is -2.97. The Kier molecular flexibility index (Phi) is 9.97. The fourth-order valence-corrected chi connectivity index (χ4v) is 4.65. The third-order valence-electron chi connectivity index (χ3n) is 5.87. The number of hydrogen-bond acceptors (Lipinski definition) is 9. The molecular weight excluding hydrogens is 531 g/mol. The van der Waals surface area contributed by atoms with Crippen molar-refractivity contribution in [2.75, 3.05) is 31.4 Å². The molecule has 2 amide bonds. The maximum absolute atomic E-state index is 12.1. The molecular formula is C24H33N6O8P. The number of amides is 2. The fraction of sp³-hybridized carbons (Fsp3) is 0.500. The second kappa shape index (κ2) is 13.4. The number of ether oxygens (including phenoxy) is 4. The molecule has 1 fully saturated rings. The molecule has 4 atom stereocenters. The molecule has 3 heterocycles. The summed E-state index contributed by atoms with van der Waals surface area (Å²) >= 11 is 0. The SMILES string of the molecule is CCNC(=O)Nc1ncnc2c1ncn2[C@H](OCC)C1OC(Cc2ccccc2)OC1CCOCP(=O)(O)O. The van der Waals surface area contributed by atoms with Crippen LogP contribution in [0.15, 0.2) is 43.0 Å². The second-order valence-corrected chi connectivity index (χ2v) is 10.3. The zero-order chi connectivity index (χ0) is 27.8. The van der Waals surface area contributed by atoms with Crippen molar-refractivity contribution in [2.45, 2.75) is 51.4 Å². The fourth-order valence-electron chi connectivity index (χ4n) is 4.28. The Balaban J connectivity index is 1.59. The molecule has 0 spiro atoms. The average molecular weight is 565 g/mol. The van der Waals surface area contributed by atoms with E-state index in [1.165, 1.54) is 12.7 Å². The molecule has 0 aliphatic carbocycles. The van der Waals surface area contributed by atoms with Crippen molar-refractivity contribution < 1.29 is 38.1 Å². The van der Waals surface area contributed by atoms with E-state index in [2.05, 4.69) is 25.6 Å². The summed E-state index contributed by atoms with van der Waals surface area (Å²) in [4.78, 5) is 43.3. The van der Waals surface area contributed by atoms with Gasteiger partial charge >= 0.3 is 13.6 Å². The third kappa shape index (κ3) is 7.79. The number of hydrogen-bond donors (Lipinski definition) is 4. The van der Waals surface area contributed by atoms with Crippen molar-refractivity contribution in [2.24, 2.45) is 0 Å². The van der Waals surface area contributed by atoms with Gasteiger partial charge in [-0.2, -0.15) is 0 Å². The van der Waals surface area contributed by atoms with Crippen LogP contribution < -0.4 is 10.6 Å². The quantitative estimate of drug-likeness (QED) is 0.177. The molecule has 1 aliphatic rings. The maximum Gasteiger partial charge on any atom is 0.350 e. The Morgan fingerprint density at radius 1 is 1.18 bits per heavy atom. The summed E-state index contributed by atoms with van der Waals surface area (Å²) in [5.41, 5.74) is 1.81. The van der Waals surface area contributed by atoms with Crippen LogP contribution in [0.5, 0.6) is 0 Å². The molecule has 212 valence electrons. The van der Waals surface area contributed by atoms with Gasteiger partial charge in [0.25, 0.3) is 0 Å². The number of urea groups is 1. The molecule has 1 aliphatic heterocycles. The molecule has 4 N–H and O–H groups in total. The molecule has 0 saturated carbocycles. The van der Waals surface area contributed by atoms with Gasteiger partial charge in [-0.15, -0.1) is 0 Å². The molecule has 1 aromatic carbocycles. The van der Waals surface area contributed by atoms with E-state index < -0.39 is 44.7 Å². The van der Waals surface area contributed by atoms with Gasteiger partial charge in [0.15, 0.2) is 29.5 Å². The van der Waals surface area contributed by atoms with Gasteiger partial charge in [0.1, 0.15) is 18.8 Å². The predicted octanol–water partition coefficient (Wildman–Crippen LogP) is 2.40. The van der Waals surface area contributed by atoms with E-state index >= 15 is 0 Å². The van der Waals surface area contributed by atoms with Gasteiger partial charge in [-0.05, 0) is 25.8 Å². The van der Waals surface area contributed by atoms with Crippen LogP contribution in [0.25, 0.3) is 11.2 Å². The van der Waals surface area contributed by atoms with Gasteiger partial charge in [-0.1, -0.05) is 30.3 Å². The monoisotopic (exact) mass is 564 g/mol. The Labute approximate surface area is 225 Å². The highest BCUT2D eigenvalue weighted by molar-refractivity contribution is 7.51. The van der Waals surface area contributed by atoms with Crippen LogP contribution in [0.2, 0.25) is 0 Å². The normalized spacial score (nSPS) is 20.3. The minimum absolute atomic E-state index is 0.0417. The molecule has 4 rings (SSSR count). The highest BCUT2D eigenvalue weighted by atomic mass is 31.2. The summed E-state index contributed by atoms with van der Waals surface area (Å²) in [6.07, 6.45) is 0.489. The van der Waals surface area contributed by atoms with E-state index in [4.69, 9.17) is 28.7 Å². The number of nitrogens with zero attached hydrogens (tertiary/aromatic N) is 4. The molecule has 15 heteroatoms. The number of aromatic nitrogens is 4. The molecule has 3 aromatic rings. The number of imidazole rings is 1. The number of benzene rings is 1. The number of carbonyl (C=O) groups excluding carboxylic acids is 1. The first-order valence-electron chi connectivity index (χ1n) is 12.6. The lowest BCUT2D eigenvalue weighted by Gasteiger charge is -2.27. The van der Waals surface area contributed by atoms with Gasteiger partial charge in [-0.3, -0.25) is 14.4 Å². The molecule has 14 nitrogen and oxygen atoms in total. The Morgan fingerprint density at radius 2 is 1.97 bits per heavy atom. The van der Waals surface area contributed by atoms with Gasteiger partial charge in [0.05, 0.1) is 19.0 Å². The van der Waals surface area contributed by atoms with E-state index in [0.29, 0.717) is 37.2 Å². The van der Waals surface area contributed by atoms with Gasteiger partial charge < -0.3 is 34.1 Å². The van der Waals surface area contributed by atoms with Gasteiger partial charge in [0.2, 0.25) is 0 Å². The van der Waals surface area contributed by atoms with Gasteiger partial charge in [0, 0.05) is 19.6 Å². The number of anilines is 1. The predicted molar refractivity (Wildman–Crippen MR) is 140 cm³/mol. The largest absolute Gasteiger partial charge is 0.369 e. The molecule has 3 unspecified atom stereocenters. The van der Waals surface area contributed by atoms with Crippen LogP contribution in [0.1, 0.15) is 32.1 Å². The van der Waals surface area contributed by atoms with E-state index in [0.717, 1.165) is 5.56 Å². The minimum Gasteiger partial charge on any atom is -0.369 e. The first-order chi connectivity index (χ1) is 18.8. The Bertz CT molecular complexity index is 1270. The van der Waals surface area contributed by atoms with Crippen LogP contribution in [-0.2, 0) is 29.9 Å². The third-order valence-corrected chi connectivity index (χ3v) is 6.39. The zero-order valence-electron chi connectivity index (χ0n) is 21.7. The zero-order valence-corrected chi connectivity index (χ0v) is 22.6. The van der Waals surface area contributed by atoms with E-state index in [-0.39, 0.29) is 12.4 Å².